The van der Waals surface area contributed by atoms with Crippen molar-refractivity contribution in [3.8, 4) is 0 Å². The Labute approximate surface area is 71.3 Å². The van der Waals surface area contributed by atoms with Crippen molar-refractivity contribution in [1.82, 2.24) is 5.32 Å². The van der Waals surface area contributed by atoms with E-state index >= 15 is 0 Å². The molecule has 0 radical (unpaired) electrons. The van der Waals surface area contributed by atoms with Crippen LogP contribution in [0.15, 0.2) is 0 Å². The summed E-state index contributed by atoms with van der Waals surface area (Å²) in [5, 5.41) is 3.30. The van der Waals surface area contributed by atoms with Gasteiger partial charge in [-0.1, -0.05) is 19.3 Å². The third kappa shape index (κ3) is 7.85. The number of halogens is 3. The number of hydrogen-bond donors (Lipinski definition) is 1. The Balaban J connectivity index is 0.000000261. The first-order valence-electron chi connectivity index (χ1n) is 4.26. The van der Waals surface area contributed by atoms with E-state index in [1.54, 1.807) is 0 Å². The minimum atomic E-state index is -3.67. The van der Waals surface area contributed by atoms with Crippen molar-refractivity contribution in [3.05, 3.63) is 0 Å². The number of hydrogen-bond acceptors (Lipinski definition) is 1. The van der Waals surface area contributed by atoms with Gasteiger partial charge >= 0.3 is 6.68 Å². The van der Waals surface area contributed by atoms with Crippen molar-refractivity contribution >= 4 is 0 Å². The van der Waals surface area contributed by atoms with Gasteiger partial charge < -0.3 is 5.32 Å². The first kappa shape index (κ1) is 11.8. The lowest BCUT2D eigenvalue weighted by Gasteiger charge is -2.20. The van der Waals surface area contributed by atoms with Gasteiger partial charge in [0.1, 0.15) is 0 Å². The zero-order chi connectivity index (χ0) is 9.40. The molecule has 1 aliphatic carbocycles. The molecule has 1 N–H and O–H groups in total. The van der Waals surface area contributed by atoms with E-state index in [1.165, 1.54) is 32.1 Å². The van der Waals surface area contributed by atoms with Crippen LogP contribution in [0.1, 0.15) is 32.1 Å². The van der Waals surface area contributed by atoms with Crippen molar-refractivity contribution in [2.24, 2.45) is 0 Å². The van der Waals surface area contributed by atoms with E-state index in [0.717, 1.165) is 6.04 Å². The molecule has 0 heterocycles. The van der Waals surface area contributed by atoms with E-state index in [9.17, 15) is 13.2 Å². The molecule has 1 nitrogen and oxygen atoms in total. The lowest BCUT2D eigenvalue weighted by molar-refractivity contribution is 0.00819. The van der Waals surface area contributed by atoms with Crippen LogP contribution in [0.25, 0.3) is 0 Å². The molecule has 0 aromatic carbocycles. The molecule has 0 spiro atoms. The molecule has 0 aliphatic heterocycles. The highest BCUT2D eigenvalue weighted by molar-refractivity contribution is 4.68. The molecule has 0 aromatic heterocycles. The van der Waals surface area contributed by atoms with Gasteiger partial charge in [0, 0.05) is 6.04 Å². The van der Waals surface area contributed by atoms with Gasteiger partial charge in [0.25, 0.3) is 0 Å². The zero-order valence-electron chi connectivity index (χ0n) is 7.32. The molecule has 0 atom stereocenters. The quantitative estimate of drug-likeness (QED) is 0.659. The topological polar surface area (TPSA) is 12.0 Å². The number of rotatable bonds is 1. The summed E-state index contributed by atoms with van der Waals surface area (Å²) in [6.45, 7) is -3.67. The average Bonchev–Trinajstić information content (AvgIpc) is 2.05. The van der Waals surface area contributed by atoms with Gasteiger partial charge in [0.2, 0.25) is 0 Å². The van der Waals surface area contributed by atoms with Gasteiger partial charge in [-0.05, 0) is 19.9 Å². The van der Waals surface area contributed by atoms with Crippen LogP contribution in [0.3, 0.4) is 0 Å². The van der Waals surface area contributed by atoms with Crippen molar-refractivity contribution in [3.63, 3.8) is 0 Å². The Hall–Kier alpha value is -0.250. The molecular weight excluding hydrogens is 167 g/mol. The van der Waals surface area contributed by atoms with Gasteiger partial charge in [-0.2, -0.15) is 13.2 Å². The van der Waals surface area contributed by atoms with E-state index < -0.39 is 6.68 Å². The summed E-state index contributed by atoms with van der Waals surface area (Å²) in [6, 6.07) is 0.837. The predicted molar refractivity (Wildman–Crippen MR) is 43.0 cm³/mol. The van der Waals surface area contributed by atoms with E-state index in [1.807, 2.05) is 0 Å². The Morgan fingerprint density at radius 3 is 1.75 bits per heavy atom. The molecule has 0 aromatic rings. The summed E-state index contributed by atoms with van der Waals surface area (Å²) >= 11 is 0. The van der Waals surface area contributed by atoms with E-state index in [4.69, 9.17) is 0 Å². The molecule has 0 bridgehead atoms. The van der Waals surface area contributed by atoms with Crippen molar-refractivity contribution in [1.29, 1.82) is 0 Å². The highest BCUT2D eigenvalue weighted by Gasteiger charge is 2.09. The molecule has 12 heavy (non-hydrogen) atoms. The fourth-order valence-electron chi connectivity index (χ4n) is 1.39. The highest BCUT2D eigenvalue weighted by Crippen LogP contribution is 2.16. The van der Waals surface area contributed by atoms with Crippen molar-refractivity contribution in [2.45, 2.75) is 44.8 Å². The largest absolute Gasteiger partial charge is 0.379 e. The predicted octanol–water partition coefficient (Wildman–Crippen LogP) is 2.72. The van der Waals surface area contributed by atoms with Crippen LogP contribution < -0.4 is 5.32 Å². The Morgan fingerprint density at radius 2 is 1.50 bits per heavy atom. The molecule has 1 aliphatic rings. The van der Waals surface area contributed by atoms with Gasteiger partial charge in [0.15, 0.2) is 0 Å². The van der Waals surface area contributed by atoms with Crippen LogP contribution in [0.2, 0.25) is 0 Å². The zero-order valence-corrected chi connectivity index (χ0v) is 7.32. The van der Waals surface area contributed by atoms with Crippen LogP contribution in [0, 0.1) is 0 Å². The van der Waals surface area contributed by atoms with Gasteiger partial charge in [-0.25, -0.2) is 0 Å². The molecule has 0 amide bonds. The summed E-state index contributed by atoms with van der Waals surface area (Å²) < 4.78 is 29.0. The summed E-state index contributed by atoms with van der Waals surface area (Å²) in [6.07, 6.45) is 7.13. The normalized spacial score (nSPS) is 18.8. The van der Waals surface area contributed by atoms with Crippen LogP contribution in [0.5, 0.6) is 0 Å². The second kappa shape index (κ2) is 7.40. The maximum Gasteiger partial charge on any atom is 0.379 e. The smallest absolute Gasteiger partial charge is 0.317 e. The summed E-state index contributed by atoms with van der Waals surface area (Å²) in [4.78, 5) is 0. The number of nitrogens with one attached hydrogen (secondary N) is 1. The van der Waals surface area contributed by atoms with Crippen LogP contribution in [-0.2, 0) is 0 Å². The van der Waals surface area contributed by atoms with Gasteiger partial charge in [-0.3, -0.25) is 0 Å². The van der Waals surface area contributed by atoms with E-state index in [-0.39, 0.29) is 0 Å². The number of alkyl halides is 3. The van der Waals surface area contributed by atoms with Gasteiger partial charge in [-0.15, -0.1) is 0 Å². The van der Waals surface area contributed by atoms with Crippen molar-refractivity contribution in [2.75, 3.05) is 7.05 Å². The fourth-order valence-corrected chi connectivity index (χ4v) is 1.39. The fraction of sp³-hybridized carbons (Fsp3) is 1.00. The van der Waals surface area contributed by atoms with Crippen LogP contribution in [0.4, 0.5) is 13.2 Å². The Kier molecular flexibility index (Phi) is 7.25. The Morgan fingerprint density at radius 1 is 1.08 bits per heavy atom. The highest BCUT2D eigenvalue weighted by atomic mass is 19.4. The lowest BCUT2D eigenvalue weighted by Crippen LogP contribution is -2.26. The molecule has 0 saturated heterocycles. The Bertz CT molecular complexity index is 89.5. The standard InChI is InChI=1S/C7H15N.CHF3/c1-8-7-5-3-2-4-6-7;2-1(3)4/h7-8H,2-6H2,1H3;1H. The lowest BCUT2D eigenvalue weighted by atomic mass is 9.96. The van der Waals surface area contributed by atoms with Crippen LogP contribution in [-0.4, -0.2) is 19.8 Å². The van der Waals surface area contributed by atoms with Crippen LogP contribution >= 0.6 is 0 Å². The van der Waals surface area contributed by atoms with E-state index in [2.05, 4.69) is 12.4 Å². The maximum atomic E-state index is 9.67. The third-order valence-corrected chi connectivity index (χ3v) is 2.01. The second-order valence-electron chi connectivity index (χ2n) is 2.87. The molecular formula is C8H16F3N. The molecule has 1 fully saturated rings. The summed E-state index contributed by atoms with van der Waals surface area (Å²) in [5.74, 6) is 0. The maximum absolute atomic E-state index is 9.67. The molecule has 0 unspecified atom stereocenters. The van der Waals surface area contributed by atoms with Gasteiger partial charge in [0.05, 0.1) is 0 Å². The minimum absolute atomic E-state index is 0.837. The minimum Gasteiger partial charge on any atom is -0.317 e. The first-order valence-corrected chi connectivity index (χ1v) is 4.26. The molecule has 1 rings (SSSR count). The molecule has 74 valence electrons. The average molecular weight is 183 g/mol. The summed E-state index contributed by atoms with van der Waals surface area (Å²) in [5.41, 5.74) is 0. The second-order valence-corrected chi connectivity index (χ2v) is 2.87. The van der Waals surface area contributed by atoms with E-state index in [0.29, 0.717) is 0 Å². The molecule has 1 saturated carbocycles. The van der Waals surface area contributed by atoms with Crippen molar-refractivity contribution < 1.29 is 13.2 Å². The SMILES string of the molecule is CNC1CCCCC1.FC(F)F. The monoisotopic (exact) mass is 183 g/mol. The summed E-state index contributed by atoms with van der Waals surface area (Å²) in [7, 11) is 2.07. The first-order chi connectivity index (χ1) is 5.66. The third-order valence-electron chi connectivity index (χ3n) is 2.01. The molecule has 4 heteroatoms.